The van der Waals surface area contributed by atoms with E-state index in [1.807, 2.05) is 4.90 Å². The molecular formula is C12H15F3N4O2. The van der Waals surface area contributed by atoms with Crippen LogP contribution >= 0.6 is 0 Å². The molecule has 0 N–H and O–H groups in total. The van der Waals surface area contributed by atoms with E-state index in [2.05, 4.69) is 10.2 Å². The summed E-state index contributed by atoms with van der Waals surface area (Å²) < 4.78 is 44.6. The van der Waals surface area contributed by atoms with E-state index >= 15 is 0 Å². The Morgan fingerprint density at radius 3 is 2.76 bits per heavy atom. The topological polar surface area (TPSA) is 60.2 Å². The highest BCUT2D eigenvalue weighted by Crippen LogP contribution is 2.31. The number of carbonyl (C=O) groups excluding carboxylic acids is 1. The summed E-state index contributed by atoms with van der Waals surface area (Å²) in [6, 6.07) is 0. The van der Waals surface area contributed by atoms with Crippen molar-refractivity contribution < 1.29 is 22.7 Å². The van der Waals surface area contributed by atoms with Crippen molar-refractivity contribution >= 4 is 6.29 Å². The molecule has 1 fully saturated rings. The molecule has 9 heteroatoms. The Balaban J connectivity index is 1.74. The second-order valence-corrected chi connectivity index (χ2v) is 5.58. The number of rotatable bonds is 3. The lowest BCUT2D eigenvalue weighted by Gasteiger charge is -2.33. The molecule has 3 rings (SSSR count). The van der Waals surface area contributed by atoms with Crippen LogP contribution in [0.2, 0.25) is 0 Å². The van der Waals surface area contributed by atoms with E-state index in [0.717, 1.165) is 10.9 Å². The van der Waals surface area contributed by atoms with Crippen LogP contribution in [0, 0.1) is 5.41 Å². The van der Waals surface area contributed by atoms with Gasteiger partial charge in [0, 0.05) is 26.2 Å². The molecule has 0 radical (unpaired) electrons. The Morgan fingerprint density at radius 2 is 2.14 bits per heavy atom. The molecule has 2 aliphatic heterocycles. The normalized spacial score (nSPS) is 26.8. The average Bonchev–Trinajstić information content (AvgIpc) is 3.04. The van der Waals surface area contributed by atoms with Crippen molar-refractivity contribution in [3.8, 4) is 0 Å². The molecule has 116 valence electrons. The number of nitrogens with zero attached hydrogens (tertiary/aromatic N) is 4. The van der Waals surface area contributed by atoms with E-state index in [-0.39, 0.29) is 18.9 Å². The molecule has 0 saturated carbocycles. The Labute approximate surface area is 118 Å². The molecule has 6 nitrogen and oxygen atoms in total. The van der Waals surface area contributed by atoms with Crippen LogP contribution in [0.3, 0.4) is 0 Å². The quantitative estimate of drug-likeness (QED) is 0.770. The van der Waals surface area contributed by atoms with Crippen LogP contribution in [-0.2, 0) is 28.8 Å². The van der Waals surface area contributed by atoms with E-state index < -0.39 is 17.4 Å². The standard InChI is InChI=1S/C12H15F3N4O2/c13-12(14,15)10-17-16-9-5-18(2-3-19(9)10)6-11(7-20)1-4-21-8-11/h7H,1-6,8H2. The maximum Gasteiger partial charge on any atom is 0.451 e. The summed E-state index contributed by atoms with van der Waals surface area (Å²) in [5, 5.41) is 6.87. The van der Waals surface area contributed by atoms with Gasteiger partial charge in [-0.1, -0.05) is 0 Å². The molecule has 3 heterocycles. The predicted molar refractivity (Wildman–Crippen MR) is 64.2 cm³/mol. The Kier molecular flexibility index (Phi) is 3.48. The molecule has 0 aromatic carbocycles. The lowest BCUT2D eigenvalue weighted by Crippen LogP contribution is -2.43. The van der Waals surface area contributed by atoms with Crippen LogP contribution in [0.15, 0.2) is 0 Å². The summed E-state index contributed by atoms with van der Waals surface area (Å²) >= 11 is 0. The van der Waals surface area contributed by atoms with Crippen molar-refractivity contribution in [1.82, 2.24) is 19.7 Å². The zero-order valence-electron chi connectivity index (χ0n) is 11.3. The van der Waals surface area contributed by atoms with Gasteiger partial charge in [-0.25, -0.2) is 0 Å². The van der Waals surface area contributed by atoms with Gasteiger partial charge in [0.25, 0.3) is 0 Å². The molecule has 1 aromatic heterocycles. The number of hydrogen-bond donors (Lipinski definition) is 0. The maximum atomic E-state index is 12.7. The summed E-state index contributed by atoms with van der Waals surface area (Å²) in [5.74, 6) is -0.667. The highest BCUT2D eigenvalue weighted by Gasteiger charge is 2.41. The van der Waals surface area contributed by atoms with E-state index in [1.165, 1.54) is 0 Å². The largest absolute Gasteiger partial charge is 0.451 e. The van der Waals surface area contributed by atoms with Crippen molar-refractivity contribution in [2.45, 2.75) is 25.7 Å². The molecule has 0 amide bonds. The van der Waals surface area contributed by atoms with Crippen LogP contribution in [0.4, 0.5) is 13.2 Å². The predicted octanol–water partition coefficient (Wildman–Crippen LogP) is 0.718. The molecule has 1 aromatic rings. The minimum atomic E-state index is -4.49. The number of aromatic nitrogens is 3. The van der Waals surface area contributed by atoms with E-state index in [0.29, 0.717) is 32.7 Å². The van der Waals surface area contributed by atoms with Crippen LogP contribution in [0.5, 0.6) is 0 Å². The van der Waals surface area contributed by atoms with Gasteiger partial charge in [-0.05, 0) is 6.42 Å². The highest BCUT2D eigenvalue weighted by molar-refractivity contribution is 5.60. The van der Waals surface area contributed by atoms with Gasteiger partial charge in [-0.3, -0.25) is 4.90 Å². The highest BCUT2D eigenvalue weighted by atomic mass is 19.4. The Hall–Kier alpha value is -1.48. The number of fused-ring (bicyclic) bond motifs is 1. The zero-order valence-corrected chi connectivity index (χ0v) is 11.3. The fourth-order valence-corrected chi connectivity index (χ4v) is 2.88. The summed E-state index contributed by atoms with van der Waals surface area (Å²) in [5.41, 5.74) is -0.547. The first-order valence-corrected chi connectivity index (χ1v) is 6.69. The Bertz CT molecular complexity index is 537. The number of ether oxygens (including phenoxy) is 1. The van der Waals surface area contributed by atoms with Crippen LogP contribution in [-0.4, -0.2) is 52.3 Å². The van der Waals surface area contributed by atoms with Crippen LogP contribution in [0.1, 0.15) is 18.1 Å². The molecular weight excluding hydrogens is 289 g/mol. The molecule has 1 unspecified atom stereocenters. The first-order chi connectivity index (χ1) is 9.93. The number of halogens is 3. The summed E-state index contributed by atoms with van der Waals surface area (Å²) in [4.78, 5) is 13.2. The number of alkyl halides is 3. The van der Waals surface area contributed by atoms with Gasteiger partial charge in [-0.15, -0.1) is 10.2 Å². The lowest BCUT2D eigenvalue weighted by atomic mass is 9.88. The third kappa shape index (κ3) is 2.67. The number of carbonyl (C=O) groups is 1. The molecule has 2 aliphatic rings. The maximum absolute atomic E-state index is 12.7. The van der Waals surface area contributed by atoms with Gasteiger partial charge < -0.3 is 14.1 Å². The number of hydrogen-bond acceptors (Lipinski definition) is 5. The van der Waals surface area contributed by atoms with E-state index in [1.54, 1.807) is 0 Å². The van der Waals surface area contributed by atoms with Gasteiger partial charge in [-0.2, -0.15) is 13.2 Å². The lowest BCUT2D eigenvalue weighted by molar-refractivity contribution is -0.148. The minimum absolute atomic E-state index is 0.174. The molecule has 0 bridgehead atoms. The fourth-order valence-electron chi connectivity index (χ4n) is 2.88. The molecule has 21 heavy (non-hydrogen) atoms. The molecule has 0 aliphatic carbocycles. The van der Waals surface area contributed by atoms with Crippen molar-refractivity contribution in [3.05, 3.63) is 11.6 Å². The molecule has 1 atom stereocenters. The fraction of sp³-hybridized carbons (Fsp3) is 0.750. The van der Waals surface area contributed by atoms with E-state index in [9.17, 15) is 18.0 Å². The average molecular weight is 304 g/mol. The SMILES string of the molecule is O=CC1(CN2CCn3c(nnc3C(F)(F)F)C2)CCOC1. The summed E-state index contributed by atoms with van der Waals surface area (Å²) in [6.45, 7) is 2.26. The van der Waals surface area contributed by atoms with Crippen LogP contribution < -0.4 is 0 Å². The number of aldehydes is 1. The van der Waals surface area contributed by atoms with Gasteiger partial charge in [0.15, 0.2) is 0 Å². The molecule has 0 spiro atoms. The van der Waals surface area contributed by atoms with Gasteiger partial charge >= 0.3 is 6.18 Å². The Morgan fingerprint density at radius 1 is 1.33 bits per heavy atom. The third-order valence-corrected chi connectivity index (χ3v) is 4.01. The van der Waals surface area contributed by atoms with Crippen molar-refractivity contribution in [2.24, 2.45) is 5.41 Å². The minimum Gasteiger partial charge on any atom is -0.380 e. The monoisotopic (exact) mass is 304 g/mol. The summed E-state index contributed by atoms with van der Waals surface area (Å²) in [6.07, 6.45) is -2.94. The first-order valence-electron chi connectivity index (χ1n) is 6.69. The van der Waals surface area contributed by atoms with Crippen LogP contribution in [0.25, 0.3) is 0 Å². The van der Waals surface area contributed by atoms with Gasteiger partial charge in [0.05, 0.1) is 18.6 Å². The van der Waals surface area contributed by atoms with Crippen molar-refractivity contribution in [3.63, 3.8) is 0 Å². The molecule has 1 saturated heterocycles. The zero-order chi connectivity index (χ0) is 15.1. The second kappa shape index (κ2) is 5.06. The summed E-state index contributed by atoms with van der Waals surface area (Å²) in [7, 11) is 0. The third-order valence-electron chi connectivity index (χ3n) is 4.01. The second-order valence-electron chi connectivity index (χ2n) is 5.58. The van der Waals surface area contributed by atoms with Gasteiger partial charge in [0.2, 0.25) is 5.82 Å². The van der Waals surface area contributed by atoms with Crippen molar-refractivity contribution in [1.29, 1.82) is 0 Å². The van der Waals surface area contributed by atoms with E-state index in [4.69, 9.17) is 4.74 Å². The van der Waals surface area contributed by atoms with Gasteiger partial charge in [0.1, 0.15) is 12.1 Å². The first kappa shape index (κ1) is 14.5. The smallest absolute Gasteiger partial charge is 0.380 e. The van der Waals surface area contributed by atoms with Crippen molar-refractivity contribution in [2.75, 3.05) is 26.3 Å².